The molecule has 0 aromatic heterocycles. The first-order chi connectivity index (χ1) is 6.14. The smallest absolute Gasteiger partial charge is 1.00 e. The van der Waals surface area contributed by atoms with E-state index in [4.69, 9.17) is 0 Å². The molecule has 0 radical (unpaired) electrons. The summed E-state index contributed by atoms with van der Waals surface area (Å²) in [5.74, 6) is 0. The molecule has 1 aliphatic carbocycles. The summed E-state index contributed by atoms with van der Waals surface area (Å²) in [5, 5.41) is 0. The minimum absolute atomic E-state index is 0. The van der Waals surface area contributed by atoms with Gasteiger partial charge in [-0.05, 0) is 0 Å². The normalized spacial score (nSPS) is 18.2. The van der Waals surface area contributed by atoms with Crippen molar-refractivity contribution in [3.05, 3.63) is 21.0 Å². The maximum Gasteiger partial charge on any atom is -1.00 e. The Balaban J connectivity index is 0. The Morgan fingerprint density at radius 1 is 1.33 bits per heavy atom. The molecule has 0 saturated heterocycles. The fourth-order valence-corrected chi connectivity index (χ4v) is 3.36. The molecule has 1 unspecified atom stereocenters. The van der Waals surface area contributed by atoms with E-state index in [1.165, 1.54) is 25.7 Å². The zero-order valence-corrected chi connectivity index (χ0v) is 13.7. The topological polar surface area (TPSA) is 0 Å². The quantitative estimate of drug-likeness (QED) is 0.559. The third-order valence-corrected chi connectivity index (χ3v) is 4.33. The van der Waals surface area contributed by atoms with Gasteiger partial charge in [-0.3, -0.25) is 0 Å². The van der Waals surface area contributed by atoms with E-state index in [1.807, 2.05) is 0 Å². The van der Waals surface area contributed by atoms with E-state index in [-0.39, 0.29) is 24.8 Å². The van der Waals surface area contributed by atoms with E-state index < -0.39 is 0 Å². The van der Waals surface area contributed by atoms with E-state index >= 15 is 0 Å². The van der Waals surface area contributed by atoms with Crippen molar-refractivity contribution >= 4 is 0 Å². The number of rotatable bonds is 4. The summed E-state index contributed by atoms with van der Waals surface area (Å²) >= 11 is 1.61. The molecule has 0 aromatic carbocycles. The molecule has 0 spiro atoms. The van der Waals surface area contributed by atoms with Crippen LogP contribution in [0.5, 0.6) is 0 Å². The molecule has 0 aliphatic heterocycles. The Morgan fingerprint density at radius 2 is 1.93 bits per heavy atom. The summed E-state index contributed by atoms with van der Waals surface area (Å²) in [4.78, 5) is 0. The first kappa shape index (κ1) is 18.3. The molecule has 1 rings (SSSR count). The Hall–Kier alpha value is 0.943. The van der Waals surface area contributed by atoms with Gasteiger partial charge >= 0.3 is 97.6 Å². The van der Waals surface area contributed by atoms with E-state index in [2.05, 4.69) is 32.9 Å². The van der Waals surface area contributed by atoms with Crippen LogP contribution in [0.3, 0.4) is 0 Å². The van der Waals surface area contributed by atoms with Gasteiger partial charge in [0.15, 0.2) is 0 Å². The third kappa shape index (κ3) is 4.37. The number of hydrogen-bond donors (Lipinski definition) is 0. The Bertz CT molecular complexity index is 246. The van der Waals surface area contributed by atoms with Crippen LogP contribution in [0.4, 0.5) is 0 Å². The van der Waals surface area contributed by atoms with Crippen molar-refractivity contribution in [3.63, 3.8) is 0 Å². The number of allylic oxidation sites excluding steroid dienone is 4. The Kier molecular flexibility index (Phi) is 9.88. The average molecular weight is 325 g/mol. The SMILES string of the molecule is CCCC(C)(CC)C1=[C]([Zr+2])CC=C1.[Cl-].[Cl-]. The van der Waals surface area contributed by atoms with Crippen LogP contribution in [0.15, 0.2) is 21.0 Å². The fourth-order valence-electron chi connectivity index (χ4n) is 2.12. The van der Waals surface area contributed by atoms with Crippen LogP contribution < -0.4 is 24.8 Å². The van der Waals surface area contributed by atoms with Crippen molar-refractivity contribution in [2.45, 2.75) is 46.5 Å². The van der Waals surface area contributed by atoms with Crippen LogP contribution in [0.2, 0.25) is 0 Å². The molecule has 0 heterocycles. The molecule has 85 valence electrons. The van der Waals surface area contributed by atoms with Crippen LogP contribution in [0.1, 0.15) is 46.5 Å². The van der Waals surface area contributed by atoms with E-state index in [1.54, 1.807) is 33.6 Å². The van der Waals surface area contributed by atoms with Gasteiger partial charge in [-0.15, -0.1) is 0 Å². The third-order valence-electron chi connectivity index (χ3n) is 3.16. The van der Waals surface area contributed by atoms with Crippen LogP contribution >= 0.6 is 0 Å². The van der Waals surface area contributed by atoms with Crippen molar-refractivity contribution in [1.82, 2.24) is 0 Å². The summed E-state index contributed by atoms with van der Waals surface area (Å²) in [6, 6.07) is 0. The van der Waals surface area contributed by atoms with Crippen molar-refractivity contribution in [1.29, 1.82) is 0 Å². The van der Waals surface area contributed by atoms with Crippen molar-refractivity contribution in [3.8, 4) is 0 Å². The molecular weight excluding hydrogens is 306 g/mol. The molecule has 0 amide bonds. The van der Waals surface area contributed by atoms with Gasteiger partial charge in [-0.1, -0.05) is 0 Å². The molecule has 15 heavy (non-hydrogen) atoms. The fraction of sp³-hybridized carbons (Fsp3) is 0.667. The molecule has 0 aromatic rings. The summed E-state index contributed by atoms with van der Waals surface area (Å²) < 4.78 is 1.67. The molecule has 0 N–H and O–H groups in total. The first-order valence-electron chi connectivity index (χ1n) is 5.26. The standard InChI is InChI=1S/C12H19.2ClH.Zr/c1-4-10-12(3,5-2)11-8-6-7-9-11;;;/h6,8H,4-5,7,10H2,1-3H3;2*1H;/q;;;+2/p-2. The summed E-state index contributed by atoms with van der Waals surface area (Å²) in [6.45, 7) is 7.03. The van der Waals surface area contributed by atoms with Crippen molar-refractivity contribution in [2.75, 3.05) is 0 Å². The van der Waals surface area contributed by atoms with E-state index in [9.17, 15) is 0 Å². The predicted molar refractivity (Wildman–Crippen MR) is 54.1 cm³/mol. The van der Waals surface area contributed by atoms with Gasteiger partial charge in [0.2, 0.25) is 0 Å². The van der Waals surface area contributed by atoms with E-state index in [0.717, 1.165) is 0 Å². The van der Waals surface area contributed by atoms with Crippen molar-refractivity contribution < 1.29 is 49.5 Å². The van der Waals surface area contributed by atoms with Gasteiger partial charge in [-0.2, -0.15) is 0 Å². The van der Waals surface area contributed by atoms with Gasteiger partial charge in [0.25, 0.3) is 0 Å². The monoisotopic (exact) mass is 323 g/mol. The molecular formula is C12H19Cl2Zr. The Morgan fingerprint density at radius 3 is 2.27 bits per heavy atom. The maximum atomic E-state index is 2.42. The molecule has 0 fully saturated rings. The maximum absolute atomic E-state index is 2.42. The van der Waals surface area contributed by atoms with Gasteiger partial charge < -0.3 is 24.8 Å². The zero-order valence-electron chi connectivity index (χ0n) is 9.74. The molecule has 3 heteroatoms. The number of halogens is 2. The van der Waals surface area contributed by atoms with Gasteiger partial charge in [-0.25, -0.2) is 0 Å². The predicted octanol–water partition coefficient (Wildman–Crippen LogP) is -2.03. The second-order valence-corrected chi connectivity index (χ2v) is 5.65. The molecule has 0 bridgehead atoms. The summed E-state index contributed by atoms with van der Waals surface area (Å²) in [6.07, 6.45) is 9.81. The zero-order chi connectivity index (χ0) is 9.90. The van der Waals surface area contributed by atoms with E-state index in [0.29, 0.717) is 5.41 Å². The Labute approximate surface area is 122 Å². The van der Waals surface area contributed by atoms with Crippen molar-refractivity contribution in [2.24, 2.45) is 5.41 Å². The minimum Gasteiger partial charge on any atom is -1.00 e. The van der Waals surface area contributed by atoms with Gasteiger partial charge in [0.1, 0.15) is 0 Å². The molecule has 1 aliphatic rings. The van der Waals surface area contributed by atoms with Crippen LogP contribution in [0, 0.1) is 5.41 Å². The molecule has 0 saturated carbocycles. The van der Waals surface area contributed by atoms with Crippen LogP contribution in [-0.4, -0.2) is 0 Å². The second kappa shape index (κ2) is 8.10. The second-order valence-electron chi connectivity index (χ2n) is 4.16. The first-order valence-corrected chi connectivity index (χ1v) is 6.48. The molecule has 0 nitrogen and oxygen atoms in total. The number of hydrogen-bond acceptors (Lipinski definition) is 0. The average Bonchev–Trinajstić information content (AvgIpc) is 2.52. The van der Waals surface area contributed by atoms with Gasteiger partial charge in [0, 0.05) is 0 Å². The molecule has 1 atom stereocenters. The van der Waals surface area contributed by atoms with Crippen LogP contribution in [-0.2, 0) is 24.7 Å². The summed E-state index contributed by atoms with van der Waals surface area (Å²) in [7, 11) is 0. The van der Waals surface area contributed by atoms with Crippen LogP contribution in [0.25, 0.3) is 0 Å². The minimum atomic E-state index is 0. The van der Waals surface area contributed by atoms with Gasteiger partial charge in [0.05, 0.1) is 0 Å². The largest absolute Gasteiger partial charge is 1.00 e. The summed E-state index contributed by atoms with van der Waals surface area (Å²) in [5.41, 5.74) is 2.11.